The second-order valence-corrected chi connectivity index (χ2v) is 12.0. The van der Waals surface area contributed by atoms with Gasteiger partial charge in [-0.2, -0.15) is 4.98 Å². The van der Waals surface area contributed by atoms with Crippen molar-refractivity contribution in [1.82, 2.24) is 24.4 Å². The van der Waals surface area contributed by atoms with E-state index in [1.165, 1.54) is 13.2 Å². The van der Waals surface area contributed by atoms with E-state index in [0.29, 0.717) is 61.2 Å². The zero-order valence-electron chi connectivity index (χ0n) is 23.9. The molecule has 3 atom stereocenters. The first kappa shape index (κ1) is 27.3. The fraction of sp³-hybridized carbons (Fsp3) is 0.552. The Hall–Kier alpha value is -3.93. The molecule has 0 bridgehead atoms. The summed E-state index contributed by atoms with van der Waals surface area (Å²) in [6, 6.07) is 4.99. The molecule has 3 aliphatic heterocycles. The predicted molar refractivity (Wildman–Crippen MR) is 150 cm³/mol. The number of amides is 1. The van der Waals surface area contributed by atoms with Gasteiger partial charge in [0.1, 0.15) is 34.4 Å². The van der Waals surface area contributed by atoms with Crippen LogP contribution in [-0.4, -0.2) is 87.1 Å². The van der Waals surface area contributed by atoms with Crippen molar-refractivity contribution in [3.05, 3.63) is 30.1 Å². The van der Waals surface area contributed by atoms with Gasteiger partial charge in [-0.1, -0.05) is 6.07 Å². The molecular formula is C29H36N6O6. The SMILES string of the molecule is COc1c(C(=O)O)cccc1-c1nc(N2CC3CN(C(=O)OC(C)(C)C)CC3C2)nc2c1ncn2C1CCCCO1. The summed E-state index contributed by atoms with van der Waals surface area (Å²) in [5.74, 6) is 0.201. The average Bonchev–Trinajstić information content (AvgIpc) is 3.65. The van der Waals surface area contributed by atoms with E-state index < -0.39 is 11.6 Å². The first-order chi connectivity index (χ1) is 19.6. The van der Waals surface area contributed by atoms with Gasteiger partial charge < -0.3 is 29.1 Å². The minimum absolute atomic E-state index is 0.0475. The van der Waals surface area contributed by atoms with E-state index in [2.05, 4.69) is 9.88 Å². The van der Waals surface area contributed by atoms with Crippen molar-refractivity contribution in [3.63, 3.8) is 0 Å². The van der Waals surface area contributed by atoms with Crippen LogP contribution in [0.4, 0.5) is 10.7 Å². The predicted octanol–water partition coefficient (Wildman–Crippen LogP) is 4.20. The van der Waals surface area contributed by atoms with Crippen LogP contribution in [0.25, 0.3) is 22.4 Å². The van der Waals surface area contributed by atoms with Crippen molar-refractivity contribution in [1.29, 1.82) is 0 Å². The molecule has 0 aliphatic carbocycles. The summed E-state index contributed by atoms with van der Waals surface area (Å²) in [6.07, 6.45) is 4.19. The summed E-state index contributed by atoms with van der Waals surface area (Å²) < 4.78 is 19.2. The van der Waals surface area contributed by atoms with Gasteiger partial charge in [-0.15, -0.1) is 0 Å². The number of aromatic carboxylic acids is 1. The van der Waals surface area contributed by atoms with Crippen LogP contribution < -0.4 is 9.64 Å². The molecule has 0 saturated carbocycles. The fourth-order valence-electron chi connectivity index (χ4n) is 6.13. The number of fused-ring (bicyclic) bond motifs is 2. The number of ether oxygens (including phenoxy) is 3. The summed E-state index contributed by atoms with van der Waals surface area (Å²) in [7, 11) is 1.46. The first-order valence-electron chi connectivity index (χ1n) is 14.1. The number of nitrogens with zero attached hydrogens (tertiary/aromatic N) is 6. The van der Waals surface area contributed by atoms with Crippen molar-refractivity contribution in [2.24, 2.45) is 11.8 Å². The Labute approximate surface area is 238 Å². The number of likely N-dealkylation sites (tertiary alicyclic amines) is 1. The van der Waals surface area contributed by atoms with Gasteiger partial charge in [-0.25, -0.2) is 19.6 Å². The first-order valence-corrected chi connectivity index (χ1v) is 14.1. The van der Waals surface area contributed by atoms with E-state index in [9.17, 15) is 14.7 Å². The molecule has 1 N–H and O–H groups in total. The Bertz CT molecular complexity index is 1460. The van der Waals surface area contributed by atoms with Gasteiger partial charge in [0.05, 0.1) is 13.4 Å². The monoisotopic (exact) mass is 564 g/mol. The molecule has 2 aromatic heterocycles. The molecule has 0 spiro atoms. The Kier molecular flexibility index (Phi) is 6.96. The molecule has 218 valence electrons. The second-order valence-electron chi connectivity index (χ2n) is 12.0. The van der Waals surface area contributed by atoms with Crippen LogP contribution in [-0.2, 0) is 9.47 Å². The maximum absolute atomic E-state index is 12.7. The van der Waals surface area contributed by atoms with Crippen molar-refractivity contribution in [2.45, 2.75) is 51.9 Å². The van der Waals surface area contributed by atoms with Gasteiger partial charge in [-0.05, 0) is 52.2 Å². The van der Waals surface area contributed by atoms with E-state index in [1.807, 2.05) is 25.3 Å². The van der Waals surface area contributed by atoms with Gasteiger partial charge in [0.25, 0.3) is 0 Å². The minimum atomic E-state index is -1.09. The van der Waals surface area contributed by atoms with Crippen LogP contribution >= 0.6 is 0 Å². The third-order valence-corrected chi connectivity index (χ3v) is 8.00. The van der Waals surface area contributed by atoms with Crippen LogP contribution in [0, 0.1) is 11.8 Å². The van der Waals surface area contributed by atoms with Crippen molar-refractivity contribution < 1.29 is 28.9 Å². The molecule has 3 aliphatic rings. The maximum Gasteiger partial charge on any atom is 0.410 e. The lowest BCUT2D eigenvalue weighted by atomic mass is 10.0. The van der Waals surface area contributed by atoms with Gasteiger partial charge in [-0.3, -0.25) is 4.57 Å². The molecule has 3 saturated heterocycles. The number of hydrogen-bond acceptors (Lipinski definition) is 9. The van der Waals surface area contributed by atoms with E-state index in [1.54, 1.807) is 23.4 Å². The number of para-hydroxylation sites is 1. The molecule has 3 unspecified atom stereocenters. The van der Waals surface area contributed by atoms with Gasteiger partial charge in [0.2, 0.25) is 5.95 Å². The van der Waals surface area contributed by atoms with Crippen LogP contribution in [0.3, 0.4) is 0 Å². The lowest BCUT2D eigenvalue weighted by Gasteiger charge is -2.26. The summed E-state index contributed by atoms with van der Waals surface area (Å²) >= 11 is 0. The third kappa shape index (κ3) is 5.16. The number of imidazole rings is 1. The molecule has 1 aromatic carbocycles. The van der Waals surface area contributed by atoms with Crippen molar-refractivity contribution in [2.75, 3.05) is 44.8 Å². The van der Waals surface area contributed by atoms with Crippen LogP contribution in [0.2, 0.25) is 0 Å². The molecule has 3 fully saturated rings. The highest BCUT2D eigenvalue weighted by atomic mass is 16.6. The molecule has 3 aromatic rings. The largest absolute Gasteiger partial charge is 0.495 e. The number of aromatic nitrogens is 4. The van der Waals surface area contributed by atoms with E-state index in [-0.39, 0.29) is 35.5 Å². The molecular weight excluding hydrogens is 528 g/mol. The number of carboxylic acids is 1. The smallest absolute Gasteiger partial charge is 0.410 e. The number of hydrogen-bond donors (Lipinski definition) is 1. The van der Waals surface area contributed by atoms with Crippen molar-refractivity contribution in [3.8, 4) is 17.0 Å². The maximum atomic E-state index is 12.7. The minimum Gasteiger partial charge on any atom is -0.495 e. The van der Waals surface area contributed by atoms with E-state index in [4.69, 9.17) is 24.2 Å². The standard InChI is InChI=1S/C29H36N6O6/c1-29(2,3)41-28(38)34-14-17-12-33(13-18(17)15-34)27-31-22(19-8-7-9-20(26(36)37)24(19)39-4)23-25(32-27)35(16-30-23)21-10-5-6-11-40-21/h7-9,16-18,21H,5-6,10-15H2,1-4H3,(H,36,37). The number of benzene rings is 1. The van der Waals surface area contributed by atoms with Crippen LogP contribution in [0.1, 0.15) is 56.6 Å². The van der Waals surface area contributed by atoms with E-state index >= 15 is 0 Å². The Morgan fingerprint density at radius 1 is 1.07 bits per heavy atom. The van der Waals surface area contributed by atoms with Gasteiger partial charge >= 0.3 is 12.1 Å². The van der Waals surface area contributed by atoms with Gasteiger partial charge in [0.15, 0.2) is 5.65 Å². The highest BCUT2D eigenvalue weighted by Crippen LogP contribution is 2.39. The molecule has 12 nitrogen and oxygen atoms in total. The lowest BCUT2D eigenvalue weighted by Crippen LogP contribution is -2.37. The fourth-order valence-corrected chi connectivity index (χ4v) is 6.13. The normalized spacial score (nSPS) is 22.7. The quantitative estimate of drug-likeness (QED) is 0.481. The number of carbonyl (C=O) groups excluding carboxylic acids is 1. The lowest BCUT2D eigenvalue weighted by molar-refractivity contribution is -0.0298. The summed E-state index contributed by atoms with van der Waals surface area (Å²) in [5, 5.41) is 9.80. The Morgan fingerprint density at radius 3 is 2.46 bits per heavy atom. The summed E-state index contributed by atoms with van der Waals surface area (Å²) in [5.41, 5.74) is 1.74. The number of carboxylic acid groups (broad SMARTS) is 1. The third-order valence-electron chi connectivity index (χ3n) is 8.00. The zero-order chi connectivity index (χ0) is 28.9. The zero-order valence-corrected chi connectivity index (χ0v) is 23.9. The number of rotatable bonds is 5. The van der Waals surface area contributed by atoms with E-state index in [0.717, 1.165) is 19.3 Å². The van der Waals surface area contributed by atoms with Crippen LogP contribution in [0.5, 0.6) is 5.75 Å². The Balaban J connectivity index is 1.37. The molecule has 0 radical (unpaired) electrons. The second kappa shape index (κ2) is 10.5. The molecule has 6 rings (SSSR count). The van der Waals surface area contributed by atoms with Gasteiger partial charge in [0, 0.05) is 50.2 Å². The van der Waals surface area contributed by atoms with Crippen molar-refractivity contribution >= 4 is 29.2 Å². The molecule has 41 heavy (non-hydrogen) atoms. The number of carbonyl (C=O) groups is 2. The summed E-state index contributed by atoms with van der Waals surface area (Å²) in [4.78, 5) is 43.3. The number of methoxy groups -OCH3 is 1. The molecule has 5 heterocycles. The average molecular weight is 565 g/mol. The van der Waals surface area contributed by atoms with Crippen LogP contribution in [0.15, 0.2) is 24.5 Å². The topological polar surface area (TPSA) is 132 Å². The molecule has 12 heteroatoms. The molecule has 1 amide bonds. The number of anilines is 1. The highest BCUT2D eigenvalue weighted by molar-refractivity contribution is 5.97. The highest BCUT2D eigenvalue weighted by Gasteiger charge is 2.43. The Morgan fingerprint density at radius 2 is 1.83 bits per heavy atom. The summed E-state index contributed by atoms with van der Waals surface area (Å²) in [6.45, 7) is 8.91.